The van der Waals surface area contributed by atoms with Crippen molar-refractivity contribution in [2.24, 2.45) is 0 Å². The van der Waals surface area contributed by atoms with E-state index < -0.39 is 18.3 Å². The number of aliphatic hydroxyl groups excluding tert-OH is 1. The van der Waals surface area contributed by atoms with Crippen LogP contribution in [0.4, 0.5) is 0 Å². The number of carbonyl (C=O) groups excluding carboxylic acids is 3. The first kappa shape index (κ1) is 19.5. The maximum atomic E-state index is 12.6. The molecule has 0 saturated heterocycles. The maximum absolute atomic E-state index is 12.6. The van der Waals surface area contributed by atoms with Crippen LogP contribution in [-0.2, 0) is 27.3 Å². The summed E-state index contributed by atoms with van der Waals surface area (Å²) in [5.74, 6) is -1.50. The number of Topliss-reactive ketones (excluding diaryl/α,β-unsaturated/α-hetero) is 1. The Bertz CT molecular complexity index is 984. The van der Waals surface area contributed by atoms with Crippen molar-refractivity contribution in [2.45, 2.75) is 19.9 Å². The fourth-order valence-electron chi connectivity index (χ4n) is 3.20. The van der Waals surface area contributed by atoms with E-state index in [1.54, 1.807) is 18.2 Å². The summed E-state index contributed by atoms with van der Waals surface area (Å²) >= 11 is 0. The number of fused-ring (bicyclic) bond motifs is 1. The van der Waals surface area contributed by atoms with Crippen molar-refractivity contribution < 1.29 is 19.5 Å². The zero-order valence-electron chi connectivity index (χ0n) is 15.6. The van der Waals surface area contributed by atoms with Gasteiger partial charge in [0.2, 0.25) is 0 Å². The second-order valence-electron chi connectivity index (χ2n) is 6.70. The van der Waals surface area contributed by atoms with E-state index in [1.807, 2.05) is 43.3 Å². The van der Waals surface area contributed by atoms with Crippen molar-refractivity contribution in [3.63, 3.8) is 0 Å². The largest absolute Gasteiger partial charge is 0.388 e. The molecule has 0 bridgehead atoms. The number of hydrogen-bond donors (Lipinski definition) is 2. The zero-order valence-corrected chi connectivity index (χ0v) is 15.6. The number of carbonyl (C=O) groups is 3. The number of amides is 1. The van der Waals surface area contributed by atoms with Gasteiger partial charge in [-0.2, -0.15) is 0 Å². The Hall–Kier alpha value is -3.31. The van der Waals surface area contributed by atoms with Crippen molar-refractivity contribution in [1.82, 2.24) is 5.32 Å². The Morgan fingerprint density at radius 2 is 1.79 bits per heavy atom. The highest BCUT2D eigenvalue weighted by molar-refractivity contribution is 6.54. The Balaban J connectivity index is 1.61. The molecule has 0 radical (unpaired) electrons. The fraction of sp³-hybridized carbons (Fsp3) is 0.174. The third kappa shape index (κ3) is 4.32. The molecule has 1 aliphatic carbocycles. The predicted octanol–water partition coefficient (Wildman–Crippen LogP) is 2.48. The molecule has 1 aliphatic rings. The smallest absolute Gasteiger partial charge is 0.292 e. The van der Waals surface area contributed by atoms with E-state index in [4.69, 9.17) is 5.11 Å². The summed E-state index contributed by atoms with van der Waals surface area (Å²) in [6.45, 7) is 1.60. The minimum absolute atomic E-state index is 0.234. The minimum Gasteiger partial charge on any atom is -0.388 e. The molecule has 0 aromatic heterocycles. The van der Waals surface area contributed by atoms with Gasteiger partial charge in [-0.05, 0) is 41.7 Å². The van der Waals surface area contributed by atoms with Crippen LogP contribution in [0.2, 0.25) is 0 Å². The number of hydrogen-bond acceptors (Lipinski definition) is 4. The molecule has 0 saturated carbocycles. The quantitative estimate of drug-likeness (QED) is 0.575. The van der Waals surface area contributed by atoms with Gasteiger partial charge in [0.05, 0.1) is 0 Å². The molecule has 0 fully saturated rings. The summed E-state index contributed by atoms with van der Waals surface area (Å²) in [5, 5.41) is 11.4. The average molecular weight is 375 g/mol. The molecule has 28 heavy (non-hydrogen) atoms. The van der Waals surface area contributed by atoms with Crippen LogP contribution in [0, 0.1) is 0 Å². The molecule has 2 N–H and O–H groups in total. The van der Waals surface area contributed by atoms with E-state index in [0.29, 0.717) is 12.0 Å². The minimum atomic E-state index is -0.622. The first-order valence-corrected chi connectivity index (χ1v) is 9.01. The molecule has 3 rings (SSSR count). The van der Waals surface area contributed by atoms with Crippen molar-refractivity contribution in [3.8, 4) is 0 Å². The van der Waals surface area contributed by atoms with Crippen LogP contribution in [0.25, 0.3) is 11.6 Å². The topological polar surface area (TPSA) is 83.5 Å². The molecule has 0 atom stereocenters. The van der Waals surface area contributed by atoms with E-state index in [1.165, 1.54) is 6.08 Å². The molecule has 142 valence electrons. The standard InChI is InChI=1S/C23H21NO4/c1-15-12-18-4-2-3-5-20(18)21(15)22(27)23(28)24-13-17-8-6-16(7-9-17)10-11-19(26)14-25/h2-11,25H,12-14H2,1H3,(H,24,28)/b11-10+. The Morgan fingerprint density at radius 1 is 1.07 bits per heavy atom. The van der Waals surface area contributed by atoms with Gasteiger partial charge >= 0.3 is 0 Å². The molecule has 0 heterocycles. The van der Waals surface area contributed by atoms with Crippen molar-refractivity contribution in [3.05, 3.63) is 82.4 Å². The molecule has 1 amide bonds. The molecule has 2 aromatic rings. The highest BCUT2D eigenvalue weighted by atomic mass is 16.3. The van der Waals surface area contributed by atoms with Crippen molar-refractivity contribution in [1.29, 1.82) is 0 Å². The van der Waals surface area contributed by atoms with Gasteiger partial charge in [0.25, 0.3) is 11.7 Å². The van der Waals surface area contributed by atoms with Crippen LogP contribution in [0.5, 0.6) is 0 Å². The predicted molar refractivity (Wildman–Crippen MR) is 107 cm³/mol. The second kappa shape index (κ2) is 8.59. The lowest BCUT2D eigenvalue weighted by Gasteiger charge is -2.08. The van der Waals surface area contributed by atoms with Gasteiger partial charge in [-0.15, -0.1) is 0 Å². The van der Waals surface area contributed by atoms with Gasteiger partial charge in [-0.3, -0.25) is 14.4 Å². The van der Waals surface area contributed by atoms with Gasteiger partial charge in [-0.25, -0.2) is 0 Å². The normalized spacial score (nSPS) is 12.9. The molecule has 5 heteroatoms. The fourth-order valence-corrected chi connectivity index (χ4v) is 3.20. The van der Waals surface area contributed by atoms with Gasteiger partial charge in [0.15, 0.2) is 5.78 Å². The van der Waals surface area contributed by atoms with Crippen LogP contribution in [0.3, 0.4) is 0 Å². The van der Waals surface area contributed by atoms with Crippen LogP contribution in [0.15, 0.2) is 60.2 Å². The number of nitrogens with one attached hydrogen (secondary N) is 1. The lowest BCUT2D eigenvalue weighted by molar-refractivity contribution is -0.134. The maximum Gasteiger partial charge on any atom is 0.292 e. The van der Waals surface area contributed by atoms with Crippen LogP contribution < -0.4 is 5.32 Å². The third-order valence-corrected chi connectivity index (χ3v) is 4.65. The summed E-state index contributed by atoms with van der Waals surface area (Å²) in [6.07, 6.45) is 3.61. The average Bonchev–Trinajstić information content (AvgIpc) is 3.05. The van der Waals surface area contributed by atoms with E-state index in [9.17, 15) is 14.4 Å². The molecule has 0 spiro atoms. The second-order valence-corrected chi connectivity index (χ2v) is 6.70. The summed E-state index contributed by atoms with van der Waals surface area (Å²) in [4.78, 5) is 36.1. The third-order valence-electron chi connectivity index (χ3n) is 4.65. The van der Waals surface area contributed by atoms with Gasteiger partial charge in [0, 0.05) is 12.1 Å². The van der Waals surface area contributed by atoms with Crippen LogP contribution in [-0.4, -0.2) is 29.2 Å². The number of ketones is 2. The lowest BCUT2D eigenvalue weighted by atomic mass is 10.0. The Labute approximate surface area is 163 Å². The summed E-state index contributed by atoms with van der Waals surface area (Å²) in [6, 6.07) is 14.9. The number of benzene rings is 2. The van der Waals surface area contributed by atoms with Crippen molar-refractivity contribution in [2.75, 3.05) is 6.61 Å². The van der Waals surface area contributed by atoms with Crippen molar-refractivity contribution >= 4 is 29.1 Å². The SMILES string of the molecule is CC1=C(C(=O)C(=O)NCc2ccc(/C=C/C(=O)CO)cc2)c2ccccc2C1. The first-order valence-electron chi connectivity index (χ1n) is 9.01. The summed E-state index contributed by atoms with van der Waals surface area (Å²) in [5.41, 5.74) is 4.96. The number of allylic oxidation sites excluding steroid dienone is 1. The van der Waals surface area contributed by atoms with Gasteiger partial charge < -0.3 is 10.4 Å². The molecule has 2 aromatic carbocycles. The molecule has 5 nitrogen and oxygen atoms in total. The first-order chi connectivity index (χ1) is 13.5. The zero-order chi connectivity index (χ0) is 20.1. The number of aliphatic hydroxyl groups is 1. The van der Waals surface area contributed by atoms with Crippen LogP contribution in [0.1, 0.15) is 29.2 Å². The Kier molecular flexibility index (Phi) is 5.96. The molecular formula is C23H21NO4. The number of rotatable bonds is 7. The Morgan fingerprint density at radius 3 is 2.50 bits per heavy atom. The van der Waals surface area contributed by atoms with E-state index in [0.717, 1.165) is 27.8 Å². The van der Waals surface area contributed by atoms with E-state index in [2.05, 4.69) is 5.32 Å². The highest BCUT2D eigenvalue weighted by Crippen LogP contribution is 2.32. The molecule has 0 unspecified atom stereocenters. The van der Waals surface area contributed by atoms with Crippen LogP contribution >= 0.6 is 0 Å². The molecular weight excluding hydrogens is 354 g/mol. The molecule has 0 aliphatic heterocycles. The van der Waals surface area contributed by atoms with Gasteiger partial charge in [-0.1, -0.05) is 60.2 Å². The lowest BCUT2D eigenvalue weighted by Crippen LogP contribution is -2.31. The summed E-state index contributed by atoms with van der Waals surface area (Å²) < 4.78 is 0. The summed E-state index contributed by atoms with van der Waals surface area (Å²) in [7, 11) is 0. The van der Waals surface area contributed by atoms with E-state index in [-0.39, 0.29) is 12.3 Å². The monoisotopic (exact) mass is 375 g/mol. The highest BCUT2D eigenvalue weighted by Gasteiger charge is 2.28. The van der Waals surface area contributed by atoms with E-state index >= 15 is 0 Å². The van der Waals surface area contributed by atoms with Gasteiger partial charge in [0.1, 0.15) is 6.61 Å².